The van der Waals surface area contributed by atoms with Gasteiger partial charge < -0.3 is 0 Å². The molecule has 0 amide bonds. The van der Waals surface area contributed by atoms with Crippen LogP contribution in [0.25, 0.3) is 0 Å². The fourth-order valence-electron chi connectivity index (χ4n) is 1.13. The largest absolute Gasteiger partial charge is 0.226 e. The van der Waals surface area contributed by atoms with Crippen molar-refractivity contribution in [1.82, 2.24) is 20.2 Å². The van der Waals surface area contributed by atoms with Crippen LogP contribution >= 0.6 is 23.2 Å². The van der Waals surface area contributed by atoms with Crippen molar-refractivity contribution in [2.45, 2.75) is 6.42 Å². The highest BCUT2D eigenvalue weighted by Gasteiger charge is 2.04. The lowest BCUT2D eigenvalue weighted by atomic mass is 10.1. The predicted molar refractivity (Wildman–Crippen MR) is 56.9 cm³/mol. The fourth-order valence-corrected chi connectivity index (χ4v) is 1.50. The average Bonchev–Trinajstić information content (AvgIpc) is 2.24. The summed E-state index contributed by atoms with van der Waals surface area (Å²) in [6.45, 7) is 0. The van der Waals surface area contributed by atoms with E-state index in [2.05, 4.69) is 20.2 Å². The van der Waals surface area contributed by atoms with Gasteiger partial charge >= 0.3 is 0 Å². The summed E-state index contributed by atoms with van der Waals surface area (Å²) in [4.78, 5) is 7.72. The van der Waals surface area contributed by atoms with Gasteiger partial charge in [0.15, 0.2) is 0 Å². The predicted octanol–water partition coefficient (Wildman–Crippen LogP) is 2.16. The molecule has 0 aliphatic carbocycles. The van der Waals surface area contributed by atoms with Crippen LogP contribution in [0.5, 0.6) is 0 Å². The van der Waals surface area contributed by atoms with Crippen LogP contribution in [0.4, 0.5) is 0 Å². The molecule has 0 aliphatic heterocycles. The Morgan fingerprint density at radius 1 is 1.13 bits per heavy atom. The molecule has 0 saturated carbocycles. The van der Waals surface area contributed by atoms with Crippen LogP contribution in [0.1, 0.15) is 11.1 Å². The second-order valence-corrected chi connectivity index (χ2v) is 3.58. The van der Waals surface area contributed by atoms with E-state index < -0.39 is 0 Å². The molecule has 0 N–H and O–H groups in total. The van der Waals surface area contributed by atoms with Crippen molar-refractivity contribution in [3.05, 3.63) is 46.2 Å². The van der Waals surface area contributed by atoms with Gasteiger partial charge in [0.25, 0.3) is 0 Å². The molecular weight excluding hydrogens is 235 g/mol. The van der Waals surface area contributed by atoms with Gasteiger partial charge in [0, 0.05) is 24.4 Å². The Morgan fingerprint density at radius 2 is 2.00 bits per heavy atom. The Labute approximate surface area is 96.3 Å². The van der Waals surface area contributed by atoms with E-state index in [4.69, 9.17) is 23.2 Å². The first kappa shape index (κ1) is 10.3. The molecule has 0 spiro atoms. The molecule has 2 rings (SSSR count). The van der Waals surface area contributed by atoms with E-state index >= 15 is 0 Å². The molecule has 0 radical (unpaired) electrons. The number of aromatic nitrogens is 4. The summed E-state index contributed by atoms with van der Waals surface area (Å²) in [5.74, 6) is 0. The van der Waals surface area contributed by atoms with Crippen LogP contribution in [0.3, 0.4) is 0 Å². The Morgan fingerprint density at radius 3 is 2.67 bits per heavy atom. The molecule has 6 heteroatoms. The van der Waals surface area contributed by atoms with Crippen molar-refractivity contribution >= 4 is 23.2 Å². The lowest BCUT2D eigenvalue weighted by Crippen LogP contribution is -1.95. The number of rotatable bonds is 2. The van der Waals surface area contributed by atoms with Gasteiger partial charge in [-0.15, -0.1) is 0 Å². The Balaban J connectivity index is 2.25. The molecule has 4 nitrogen and oxygen atoms in total. The second-order valence-electron chi connectivity index (χ2n) is 2.88. The van der Waals surface area contributed by atoms with Gasteiger partial charge in [0.2, 0.25) is 5.28 Å². The third-order valence-electron chi connectivity index (χ3n) is 1.82. The summed E-state index contributed by atoms with van der Waals surface area (Å²) >= 11 is 11.5. The smallest absolute Gasteiger partial charge is 0.223 e. The van der Waals surface area contributed by atoms with E-state index in [0.717, 1.165) is 11.1 Å². The minimum Gasteiger partial charge on any atom is -0.226 e. The number of hydrogen-bond donors (Lipinski definition) is 0. The third kappa shape index (κ3) is 2.61. The molecule has 0 unspecified atom stereocenters. The lowest BCUT2D eigenvalue weighted by Gasteiger charge is -2.02. The third-order valence-corrected chi connectivity index (χ3v) is 2.33. The Bertz CT molecular complexity index is 461. The van der Waals surface area contributed by atoms with Crippen molar-refractivity contribution in [2.75, 3.05) is 0 Å². The number of halogens is 2. The van der Waals surface area contributed by atoms with E-state index in [9.17, 15) is 0 Å². The van der Waals surface area contributed by atoms with E-state index in [0.29, 0.717) is 11.6 Å². The minimum absolute atomic E-state index is 0.150. The zero-order chi connectivity index (χ0) is 10.7. The number of hydrogen-bond acceptors (Lipinski definition) is 4. The highest BCUT2D eigenvalue weighted by Crippen LogP contribution is 2.17. The van der Waals surface area contributed by atoms with Crippen LogP contribution in [0, 0.1) is 0 Å². The van der Waals surface area contributed by atoms with Crippen LogP contribution in [-0.4, -0.2) is 20.2 Å². The van der Waals surface area contributed by atoms with Gasteiger partial charge in [-0.1, -0.05) is 11.6 Å². The molecule has 0 fully saturated rings. The molecule has 0 aliphatic rings. The van der Waals surface area contributed by atoms with Crippen molar-refractivity contribution in [3.8, 4) is 0 Å². The summed E-state index contributed by atoms with van der Waals surface area (Å²) in [6.07, 6.45) is 5.52. The summed E-state index contributed by atoms with van der Waals surface area (Å²) in [5, 5.41) is 7.97. The highest BCUT2D eigenvalue weighted by atomic mass is 35.5. The Kier molecular flexibility index (Phi) is 3.08. The molecular formula is C9H6Cl2N4. The van der Waals surface area contributed by atoms with Crippen molar-refractivity contribution in [2.24, 2.45) is 0 Å². The fraction of sp³-hybridized carbons (Fsp3) is 0.111. The van der Waals surface area contributed by atoms with Gasteiger partial charge in [-0.05, 0) is 23.2 Å². The topological polar surface area (TPSA) is 51.6 Å². The van der Waals surface area contributed by atoms with Gasteiger partial charge in [0.05, 0.1) is 6.20 Å². The molecule has 2 aromatic rings. The maximum atomic E-state index is 5.91. The van der Waals surface area contributed by atoms with Gasteiger partial charge in [0.1, 0.15) is 5.15 Å². The summed E-state index contributed by atoms with van der Waals surface area (Å²) in [6, 6.07) is 1.86. The lowest BCUT2D eigenvalue weighted by molar-refractivity contribution is 0.984. The normalized spacial score (nSPS) is 10.3. The monoisotopic (exact) mass is 240 g/mol. The first-order valence-corrected chi connectivity index (χ1v) is 4.94. The van der Waals surface area contributed by atoms with E-state index in [1.54, 1.807) is 18.6 Å². The maximum Gasteiger partial charge on any atom is 0.223 e. The van der Waals surface area contributed by atoms with Crippen LogP contribution in [-0.2, 0) is 6.42 Å². The minimum atomic E-state index is 0.150. The molecule has 0 aromatic carbocycles. The quantitative estimate of drug-likeness (QED) is 0.597. The molecule has 76 valence electrons. The van der Waals surface area contributed by atoms with Crippen LogP contribution in [0.15, 0.2) is 24.7 Å². The Hall–Kier alpha value is -1.26. The van der Waals surface area contributed by atoms with E-state index in [1.165, 1.54) is 0 Å². The summed E-state index contributed by atoms with van der Waals surface area (Å²) in [7, 11) is 0. The first-order valence-electron chi connectivity index (χ1n) is 4.18. The van der Waals surface area contributed by atoms with Crippen molar-refractivity contribution in [3.63, 3.8) is 0 Å². The summed E-state index contributed by atoms with van der Waals surface area (Å²) in [5.41, 5.74) is 1.81. The standard InChI is InChI=1S/C9H6Cl2N4/c10-8-7(5-12-9(11)15-8)3-6-1-2-13-14-4-6/h1-2,4-5H,3H2. The second kappa shape index (κ2) is 4.51. The zero-order valence-corrected chi connectivity index (χ0v) is 9.07. The van der Waals surface area contributed by atoms with Crippen molar-refractivity contribution in [1.29, 1.82) is 0 Å². The van der Waals surface area contributed by atoms with E-state index in [1.807, 2.05) is 6.07 Å². The van der Waals surface area contributed by atoms with Gasteiger partial charge in [-0.25, -0.2) is 9.97 Å². The molecule has 2 heterocycles. The summed E-state index contributed by atoms with van der Waals surface area (Å²) < 4.78 is 0. The highest BCUT2D eigenvalue weighted by molar-refractivity contribution is 6.32. The van der Waals surface area contributed by atoms with Crippen molar-refractivity contribution < 1.29 is 0 Å². The molecule has 2 aromatic heterocycles. The average molecular weight is 241 g/mol. The van der Waals surface area contributed by atoms with Gasteiger partial charge in [-0.3, -0.25) is 0 Å². The van der Waals surface area contributed by atoms with Gasteiger partial charge in [-0.2, -0.15) is 10.2 Å². The molecule has 0 saturated heterocycles. The molecule has 0 bridgehead atoms. The zero-order valence-electron chi connectivity index (χ0n) is 7.56. The molecule has 0 atom stereocenters. The number of nitrogens with zero attached hydrogens (tertiary/aromatic N) is 4. The maximum absolute atomic E-state index is 5.91. The van der Waals surface area contributed by atoms with Crippen LogP contribution < -0.4 is 0 Å². The first-order chi connectivity index (χ1) is 7.25. The molecule has 15 heavy (non-hydrogen) atoms. The SMILES string of the molecule is Clc1ncc(Cc2ccnnc2)c(Cl)n1. The van der Waals surface area contributed by atoms with Crippen LogP contribution in [0.2, 0.25) is 10.4 Å². The van der Waals surface area contributed by atoms with E-state index in [-0.39, 0.29) is 5.28 Å².